The summed E-state index contributed by atoms with van der Waals surface area (Å²) in [5.74, 6) is 0.687. The minimum absolute atomic E-state index is 0.130. The van der Waals surface area contributed by atoms with Crippen molar-refractivity contribution in [1.82, 2.24) is 20.2 Å². The van der Waals surface area contributed by atoms with Gasteiger partial charge in [0.15, 0.2) is 0 Å². The second kappa shape index (κ2) is 6.39. The molecule has 1 aromatic heterocycles. The Bertz CT molecular complexity index is 787. The van der Waals surface area contributed by atoms with Gasteiger partial charge in [0.25, 0.3) is 5.91 Å². The lowest BCUT2D eigenvalue weighted by molar-refractivity contribution is -0.125. The summed E-state index contributed by atoms with van der Waals surface area (Å²) in [6.45, 7) is 5.77. The predicted octanol–water partition coefficient (Wildman–Crippen LogP) is 2.06. The Balaban J connectivity index is 1.83. The molecule has 1 N–H and O–H groups in total. The molecule has 126 valence electrons. The van der Waals surface area contributed by atoms with E-state index in [0.717, 1.165) is 5.52 Å². The van der Waals surface area contributed by atoms with Gasteiger partial charge in [0.2, 0.25) is 5.91 Å². The Kier molecular flexibility index (Phi) is 4.45. The normalized spacial score (nSPS) is 18.0. The quantitative estimate of drug-likeness (QED) is 0.902. The zero-order chi connectivity index (χ0) is 17.3. The lowest BCUT2D eigenvalue weighted by Crippen LogP contribution is -2.52. The van der Waals surface area contributed by atoms with Crippen LogP contribution in [0.5, 0.6) is 0 Å². The van der Waals surface area contributed by atoms with Crippen LogP contribution >= 0.6 is 11.8 Å². The first kappa shape index (κ1) is 16.7. The summed E-state index contributed by atoms with van der Waals surface area (Å²) in [6, 6.07) is 6.93. The summed E-state index contributed by atoms with van der Waals surface area (Å²) in [6.07, 6.45) is 1.48. The first-order chi connectivity index (χ1) is 11.3. The summed E-state index contributed by atoms with van der Waals surface area (Å²) >= 11 is 1.57. The number of nitrogens with zero attached hydrogens (tertiary/aromatic N) is 3. The molecule has 0 saturated carbocycles. The van der Waals surface area contributed by atoms with Crippen molar-refractivity contribution in [1.29, 1.82) is 0 Å². The molecular weight excluding hydrogens is 324 g/mol. The van der Waals surface area contributed by atoms with Gasteiger partial charge < -0.3 is 10.2 Å². The highest BCUT2D eigenvalue weighted by Gasteiger charge is 2.36. The van der Waals surface area contributed by atoms with Gasteiger partial charge in [0, 0.05) is 11.3 Å². The summed E-state index contributed by atoms with van der Waals surface area (Å²) in [5, 5.41) is 2.94. The first-order valence-corrected chi connectivity index (χ1v) is 8.93. The average molecular weight is 344 g/mol. The molecule has 2 amide bonds. The SMILES string of the molecule is CC(C)(C)NC(=O)[C@@H]1CSCN1C(=O)c1cnc2ccccc2n1. The Labute approximate surface area is 145 Å². The molecule has 2 aromatic rings. The van der Waals surface area contributed by atoms with Gasteiger partial charge in [-0.15, -0.1) is 11.8 Å². The van der Waals surface area contributed by atoms with Crippen LogP contribution in [-0.4, -0.2) is 49.9 Å². The Morgan fingerprint density at radius 2 is 1.96 bits per heavy atom. The van der Waals surface area contributed by atoms with E-state index in [9.17, 15) is 9.59 Å². The molecule has 0 bridgehead atoms. The van der Waals surface area contributed by atoms with Gasteiger partial charge in [-0.2, -0.15) is 0 Å². The second-order valence-corrected chi connectivity index (χ2v) is 7.77. The lowest BCUT2D eigenvalue weighted by atomic mass is 10.1. The van der Waals surface area contributed by atoms with Crippen LogP contribution in [0, 0.1) is 0 Å². The minimum Gasteiger partial charge on any atom is -0.350 e. The maximum absolute atomic E-state index is 12.8. The number of hydrogen-bond acceptors (Lipinski definition) is 5. The van der Waals surface area contributed by atoms with E-state index in [1.165, 1.54) is 6.20 Å². The second-order valence-electron chi connectivity index (χ2n) is 6.77. The number of carbonyl (C=O) groups is 2. The standard InChI is InChI=1S/C17H20N4O2S/c1-17(2,3)20-15(22)14-9-24-10-21(14)16(23)13-8-18-11-6-4-5-7-12(11)19-13/h4-8,14H,9-10H2,1-3H3,(H,20,22)/t14-/m0/s1. The molecule has 0 spiro atoms. The summed E-state index contributed by atoms with van der Waals surface area (Å²) < 4.78 is 0. The van der Waals surface area contributed by atoms with E-state index in [-0.39, 0.29) is 23.0 Å². The van der Waals surface area contributed by atoms with E-state index in [1.54, 1.807) is 16.7 Å². The third-order valence-electron chi connectivity index (χ3n) is 3.61. The van der Waals surface area contributed by atoms with Gasteiger partial charge >= 0.3 is 0 Å². The molecule has 7 heteroatoms. The fourth-order valence-corrected chi connectivity index (χ4v) is 3.67. The molecular formula is C17H20N4O2S. The number of rotatable bonds is 2. The number of carbonyl (C=O) groups excluding carboxylic acids is 2. The Morgan fingerprint density at radius 3 is 2.67 bits per heavy atom. The van der Waals surface area contributed by atoms with Crippen molar-refractivity contribution in [3.05, 3.63) is 36.2 Å². The highest BCUT2D eigenvalue weighted by atomic mass is 32.2. The number of benzene rings is 1. The number of para-hydroxylation sites is 2. The van der Waals surface area contributed by atoms with Crippen LogP contribution < -0.4 is 5.32 Å². The highest BCUT2D eigenvalue weighted by Crippen LogP contribution is 2.24. The van der Waals surface area contributed by atoms with E-state index >= 15 is 0 Å². The maximum atomic E-state index is 12.8. The Hall–Kier alpha value is -2.15. The van der Waals surface area contributed by atoms with E-state index in [4.69, 9.17) is 0 Å². The van der Waals surface area contributed by atoms with E-state index < -0.39 is 6.04 Å². The molecule has 24 heavy (non-hydrogen) atoms. The van der Waals surface area contributed by atoms with Crippen LogP contribution in [0.4, 0.5) is 0 Å². The molecule has 1 aliphatic heterocycles. The molecule has 6 nitrogen and oxygen atoms in total. The zero-order valence-electron chi connectivity index (χ0n) is 13.9. The van der Waals surface area contributed by atoms with Crippen LogP contribution in [-0.2, 0) is 4.79 Å². The third kappa shape index (κ3) is 3.51. The van der Waals surface area contributed by atoms with Crippen LogP contribution in [0.2, 0.25) is 0 Å². The molecule has 1 saturated heterocycles. The number of hydrogen-bond donors (Lipinski definition) is 1. The molecule has 3 rings (SSSR count). The molecule has 1 aliphatic rings. The number of amides is 2. The number of thioether (sulfide) groups is 1. The smallest absolute Gasteiger partial charge is 0.275 e. The molecule has 1 atom stereocenters. The molecule has 1 fully saturated rings. The van der Waals surface area contributed by atoms with Crippen LogP contribution in [0.1, 0.15) is 31.3 Å². The van der Waals surface area contributed by atoms with Crippen molar-refractivity contribution >= 4 is 34.6 Å². The summed E-state index contributed by atoms with van der Waals surface area (Å²) in [5.41, 5.74) is 1.35. The van der Waals surface area contributed by atoms with Gasteiger partial charge in [0.05, 0.1) is 23.1 Å². The van der Waals surface area contributed by atoms with Gasteiger partial charge in [-0.05, 0) is 32.9 Å². The average Bonchev–Trinajstić information content (AvgIpc) is 3.02. The monoisotopic (exact) mass is 344 g/mol. The molecule has 0 aliphatic carbocycles. The molecule has 2 heterocycles. The number of aromatic nitrogens is 2. The maximum Gasteiger partial charge on any atom is 0.275 e. The van der Waals surface area contributed by atoms with Gasteiger partial charge in [-0.1, -0.05) is 12.1 Å². The highest BCUT2D eigenvalue weighted by molar-refractivity contribution is 7.99. The van der Waals surface area contributed by atoms with Gasteiger partial charge in [-0.25, -0.2) is 4.98 Å². The van der Waals surface area contributed by atoms with Crippen molar-refractivity contribution in [3.8, 4) is 0 Å². The summed E-state index contributed by atoms with van der Waals surface area (Å²) in [4.78, 5) is 35.5. The van der Waals surface area contributed by atoms with Crippen molar-refractivity contribution in [2.75, 3.05) is 11.6 Å². The van der Waals surface area contributed by atoms with E-state index in [0.29, 0.717) is 17.1 Å². The topological polar surface area (TPSA) is 75.2 Å². The predicted molar refractivity (Wildman–Crippen MR) is 94.7 cm³/mol. The number of fused-ring (bicyclic) bond motifs is 1. The van der Waals surface area contributed by atoms with Crippen molar-refractivity contribution in [3.63, 3.8) is 0 Å². The van der Waals surface area contributed by atoms with E-state index in [2.05, 4.69) is 15.3 Å². The fourth-order valence-electron chi connectivity index (χ4n) is 2.52. The first-order valence-electron chi connectivity index (χ1n) is 7.78. The number of nitrogens with one attached hydrogen (secondary N) is 1. The van der Waals surface area contributed by atoms with Crippen LogP contribution in [0.3, 0.4) is 0 Å². The van der Waals surface area contributed by atoms with Crippen LogP contribution in [0.15, 0.2) is 30.5 Å². The van der Waals surface area contributed by atoms with Crippen molar-refractivity contribution < 1.29 is 9.59 Å². The van der Waals surface area contributed by atoms with Crippen molar-refractivity contribution in [2.45, 2.75) is 32.4 Å². The molecule has 1 aromatic carbocycles. The lowest BCUT2D eigenvalue weighted by Gasteiger charge is -2.27. The zero-order valence-corrected chi connectivity index (χ0v) is 14.8. The van der Waals surface area contributed by atoms with Gasteiger partial charge in [-0.3, -0.25) is 14.6 Å². The third-order valence-corrected chi connectivity index (χ3v) is 4.62. The Morgan fingerprint density at radius 1 is 1.25 bits per heavy atom. The largest absolute Gasteiger partial charge is 0.350 e. The van der Waals surface area contributed by atoms with Crippen molar-refractivity contribution in [2.24, 2.45) is 0 Å². The van der Waals surface area contributed by atoms with E-state index in [1.807, 2.05) is 45.0 Å². The minimum atomic E-state index is -0.477. The van der Waals surface area contributed by atoms with Gasteiger partial charge in [0.1, 0.15) is 11.7 Å². The fraction of sp³-hybridized carbons (Fsp3) is 0.412. The summed E-state index contributed by atoms with van der Waals surface area (Å²) in [7, 11) is 0. The van der Waals surface area contributed by atoms with Crippen LogP contribution in [0.25, 0.3) is 11.0 Å². The molecule has 0 unspecified atom stereocenters. The molecule has 0 radical (unpaired) electrons.